The molecular formula is H4BMgO7P. The summed E-state index contributed by atoms with van der Waals surface area (Å²) in [5.74, 6) is 0. The Kier molecular flexibility index (Phi) is 28.4. The smallest absolute Gasteiger partial charge is 0.832 e. The molecule has 10 heavy (non-hydrogen) atoms. The maximum absolute atomic E-state index is 8.64. The molecule has 0 saturated carbocycles. The van der Waals surface area contributed by atoms with E-state index in [1.165, 1.54) is 0 Å². The Balaban J connectivity index is -0.0000000910. The van der Waals surface area contributed by atoms with Gasteiger partial charge < -0.3 is 29.2 Å². The maximum atomic E-state index is 8.64. The Morgan fingerprint density at radius 2 is 1.70 bits per heavy atom. The van der Waals surface area contributed by atoms with Crippen molar-refractivity contribution in [3.8, 4) is 0 Å². The summed E-state index contributed by atoms with van der Waals surface area (Å²) in [6.45, 7) is 0. The molecule has 0 spiro atoms. The van der Waals surface area contributed by atoms with Crippen molar-refractivity contribution in [2.45, 2.75) is 0 Å². The molecule has 0 aromatic carbocycles. The average Bonchev–Trinajstić information content (AvgIpc) is 1.66. The number of hydrogen-bond donors (Lipinski definition) is 3. The zero-order valence-corrected chi connectivity index (χ0v) is 7.17. The molecule has 0 saturated heterocycles. The topological polar surface area (TPSA) is 111 Å². The Bertz CT molecular complexity index is 37.8. The minimum Gasteiger partial charge on any atom is -0.832 e. The summed E-state index contributed by atoms with van der Waals surface area (Å²) in [7, 11) is -0.0737. The van der Waals surface area contributed by atoms with Gasteiger partial charge in [-0.15, -0.1) is 0 Å². The van der Waals surface area contributed by atoms with E-state index in [4.69, 9.17) is 20.3 Å². The molecule has 0 aromatic rings. The van der Waals surface area contributed by atoms with E-state index in [9.17, 15) is 0 Å². The van der Waals surface area contributed by atoms with Crippen molar-refractivity contribution in [2.75, 3.05) is 0 Å². The molecule has 56 valence electrons. The van der Waals surface area contributed by atoms with Gasteiger partial charge in [-0.2, -0.15) is 0 Å². The second kappa shape index (κ2) is 16.5. The summed E-state index contributed by atoms with van der Waals surface area (Å²) < 4.78 is 3.52. The van der Waals surface area contributed by atoms with Crippen molar-refractivity contribution in [2.24, 2.45) is 0 Å². The van der Waals surface area contributed by atoms with Crippen molar-refractivity contribution in [3.63, 3.8) is 0 Å². The van der Waals surface area contributed by atoms with E-state index in [1.54, 1.807) is 0 Å². The number of rotatable bonds is 2. The first-order valence-corrected chi connectivity index (χ1v) is 1.88. The van der Waals surface area contributed by atoms with Crippen molar-refractivity contribution < 1.29 is 35.1 Å². The van der Waals surface area contributed by atoms with Crippen molar-refractivity contribution in [1.82, 2.24) is 0 Å². The molecular weight excluding hydrogens is 178 g/mol. The molecule has 0 aliphatic heterocycles. The van der Waals surface area contributed by atoms with Crippen LogP contribution >= 0.6 is 9.47 Å². The third-order valence-electron chi connectivity index (χ3n) is 0.0644. The van der Waals surface area contributed by atoms with Gasteiger partial charge in [-0.3, -0.25) is 0 Å². The molecule has 7 nitrogen and oxygen atoms in total. The molecule has 0 rings (SSSR count). The maximum Gasteiger partial charge on any atom is 2.00 e. The average molecular weight is 182 g/mol. The Morgan fingerprint density at radius 1 is 1.40 bits per heavy atom. The molecule has 0 amide bonds. The molecule has 0 heterocycles. The van der Waals surface area contributed by atoms with Crippen LogP contribution in [0.5, 0.6) is 0 Å². The van der Waals surface area contributed by atoms with Crippen LogP contribution in [-0.2, 0) is 14.8 Å². The zero-order valence-electron chi connectivity index (χ0n) is 4.76. The van der Waals surface area contributed by atoms with Gasteiger partial charge in [0.1, 0.15) is 0 Å². The molecule has 0 aromatic heterocycles. The molecule has 0 unspecified atom stereocenters. The van der Waals surface area contributed by atoms with Crippen molar-refractivity contribution in [1.29, 1.82) is 0 Å². The van der Waals surface area contributed by atoms with E-state index < -0.39 is 7.32 Å². The van der Waals surface area contributed by atoms with Crippen molar-refractivity contribution in [3.05, 3.63) is 0 Å². The van der Waals surface area contributed by atoms with Crippen LogP contribution in [0, 0.1) is 0 Å². The fourth-order valence-corrected chi connectivity index (χ4v) is 0.0456. The van der Waals surface area contributed by atoms with Crippen LogP contribution in [0.1, 0.15) is 0 Å². The SMILES string of the molecule is OOOO[PH-].[Mg+2].[O-]B(O)O. The first-order valence-electron chi connectivity index (χ1n) is 1.47. The van der Waals surface area contributed by atoms with Crippen LogP contribution in [-0.4, -0.2) is 45.7 Å². The standard InChI is InChI=1S/BH2O3.Mg.H2O4P/c2-1(3)4;;1-2-3-4-5/h2-3H;;1,5H/q-1;+2;-1. The second-order valence-electron chi connectivity index (χ2n) is 0.552. The molecule has 3 N–H and O–H groups in total. The van der Waals surface area contributed by atoms with E-state index in [2.05, 4.69) is 24.2 Å². The van der Waals surface area contributed by atoms with Crippen LogP contribution < -0.4 is 5.02 Å². The molecule has 0 aliphatic carbocycles. The van der Waals surface area contributed by atoms with E-state index in [0.29, 0.717) is 0 Å². The largest absolute Gasteiger partial charge is 2.00 e. The quantitative estimate of drug-likeness (QED) is 0.185. The van der Waals surface area contributed by atoms with Gasteiger partial charge in [-0.05, 0) is 5.04 Å². The van der Waals surface area contributed by atoms with Gasteiger partial charge in [-0.25, -0.2) is 5.26 Å². The van der Waals surface area contributed by atoms with Crippen LogP contribution in [0.15, 0.2) is 0 Å². The van der Waals surface area contributed by atoms with Crippen LogP contribution in [0.25, 0.3) is 0 Å². The number of hydrogen-bond acceptors (Lipinski definition) is 7. The zero-order chi connectivity index (χ0) is 7.70. The van der Waals surface area contributed by atoms with Crippen LogP contribution in [0.3, 0.4) is 0 Å². The summed E-state index contributed by atoms with van der Waals surface area (Å²) in [6.07, 6.45) is 0. The second-order valence-corrected chi connectivity index (χ2v) is 0.719. The first kappa shape index (κ1) is 17.2. The fraction of sp³-hybridized carbons (Fsp3) is 0. The van der Waals surface area contributed by atoms with Gasteiger partial charge in [-0.1, -0.05) is 5.04 Å². The van der Waals surface area contributed by atoms with E-state index in [1.807, 2.05) is 0 Å². The van der Waals surface area contributed by atoms with Crippen LogP contribution in [0.4, 0.5) is 0 Å². The van der Waals surface area contributed by atoms with Crippen LogP contribution in [0.2, 0.25) is 0 Å². The summed E-state index contributed by atoms with van der Waals surface area (Å²) in [6, 6.07) is 0. The van der Waals surface area contributed by atoms with Crippen molar-refractivity contribution >= 4 is 39.8 Å². The monoisotopic (exact) mass is 182 g/mol. The molecule has 0 bridgehead atoms. The molecule has 10 heteroatoms. The first-order chi connectivity index (χ1) is 4.15. The predicted molar refractivity (Wildman–Crippen MR) is 30.1 cm³/mol. The summed E-state index contributed by atoms with van der Waals surface area (Å²) >= 11 is 0. The van der Waals surface area contributed by atoms with Gasteiger partial charge in [0.05, 0.1) is 0 Å². The fourth-order valence-electron chi connectivity index (χ4n) is 0.0152. The minimum atomic E-state index is -2.42. The molecule has 0 atom stereocenters. The summed E-state index contributed by atoms with van der Waals surface area (Å²) in [5.41, 5.74) is 0. The molecule has 0 radical (unpaired) electrons. The van der Waals surface area contributed by atoms with E-state index >= 15 is 0 Å². The predicted octanol–water partition coefficient (Wildman–Crippen LogP) is -2.67. The van der Waals surface area contributed by atoms with Gasteiger partial charge in [0.25, 0.3) is 0 Å². The third kappa shape index (κ3) is 64.4. The minimum absolute atomic E-state index is 0. The Labute approximate surface area is 75.3 Å². The normalized spacial score (nSPS) is 6.90. The Morgan fingerprint density at radius 3 is 1.70 bits per heavy atom. The van der Waals surface area contributed by atoms with Gasteiger partial charge in [0.2, 0.25) is 0 Å². The summed E-state index contributed by atoms with van der Waals surface area (Å²) in [5, 5.41) is 36.2. The molecule has 0 aliphatic rings. The third-order valence-corrected chi connectivity index (χ3v) is 0.132. The molecule has 0 fully saturated rings. The van der Waals surface area contributed by atoms with Gasteiger partial charge in [0, 0.05) is 0 Å². The van der Waals surface area contributed by atoms with E-state index in [-0.39, 0.29) is 23.1 Å². The van der Waals surface area contributed by atoms with E-state index in [0.717, 1.165) is 0 Å². The van der Waals surface area contributed by atoms with Gasteiger partial charge in [0.15, 0.2) is 0 Å². The van der Waals surface area contributed by atoms with Gasteiger partial charge >= 0.3 is 30.4 Å². The Hall–Kier alpha value is 0.981. The summed E-state index contributed by atoms with van der Waals surface area (Å²) in [4.78, 5) is 0.